The number of aromatic amines is 2. The fourth-order valence-corrected chi connectivity index (χ4v) is 0.829. The SMILES string of the molecule is CCNc1nc(=S)[nH]c(=O)[nH]1. The number of anilines is 1. The highest BCUT2D eigenvalue weighted by Gasteiger charge is 1.91. The lowest BCUT2D eigenvalue weighted by Gasteiger charge is -1.98. The van der Waals surface area contributed by atoms with E-state index in [-0.39, 0.29) is 10.5 Å². The zero-order valence-electron chi connectivity index (χ0n) is 5.97. The minimum atomic E-state index is -0.346. The molecule has 60 valence electrons. The van der Waals surface area contributed by atoms with Gasteiger partial charge in [0.05, 0.1) is 0 Å². The van der Waals surface area contributed by atoms with E-state index in [0.29, 0.717) is 12.5 Å². The van der Waals surface area contributed by atoms with Gasteiger partial charge < -0.3 is 5.32 Å². The molecule has 1 heterocycles. The van der Waals surface area contributed by atoms with Crippen molar-refractivity contribution >= 4 is 18.2 Å². The van der Waals surface area contributed by atoms with Crippen LogP contribution in [0.25, 0.3) is 0 Å². The van der Waals surface area contributed by atoms with Crippen molar-refractivity contribution < 1.29 is 0 Å². The molecule has 0 spiro atoms. The van der Waals surface area contributed by atoms with Crippen molar-refractivity contribution in [3.05, 3.63) is 15.3 Å². The fraction of sp³-hybridized carbons (Fsp3) is 0.400. The van der Waals surface area contributed by atoms with Crippen LogP contribution in [0.15, 0.2) is 4.79 Å². The van der Waals surface area contributed by atoms with Gasteiger partial charge in [0.15, 0.2) is 0 Å². The Morgan fingerprint density at radius 2 is 2.36 bits per heavy atom. The molecule has 0 aliphatic heterocycles. The van der Waals surface area contributed by atoms with Crippen molar-refractivity contribution in [2.75, 3.05) is 11.9 Å². The number of hydrogen-bond donors (Lipinski definition) is 3. The summed E-state index contributed by atoms with van der Waals surface area (Å²) in [4.78, 5) is 19.3. The third-order valence-corrected chi connectivity index (χ3v) is 1.20. The Morgan fingerprint density at radius 3 is 2.91 bits per heavy atom. The molecule has 0 aliphatic carbocycles. The number of H-pyrrole nitrogens is 2. The van der Waals surface area contributed by atoms with Gasteiger partial charge in [0.1, 0.15) is 0 Å². The summed E-state index contributed by atoms with van der Waals surface area (Å²) in [7, 11) is 0. The van der Waals surface area contributed by atoms with E-state index in [1.165, 1.54) is 0 Å². The summed E-state index contributed by atoms with van der Waals surface area (Å²) >= 11 is 4.67. The van der Waals surface area contributed by atoms with Gasteiger partial charge in [0, 0.05) is 6.54 Å². The average molecular weight is 172 g/mol. The third-order valence-electron chi connectivity index (χ3n) is 1.01. The Labute approximate surface area is 67.9 Å². The second kappa shape index (κ2) is 3.29. The van der Waals surface area contributed by atoms with Crippen LogP contribution in [0.1, 0.15) is 6.92 Å². The van der Waals surface area contributed by atoms with Crippen LogP contribution < -0.4 is 11.0 Å². The van der Waals surface area contributed by atoms with Gasteiger partial charge in [0.25, 0.3) is 0 Å². The molecule has 11 heavy (non-hydrogen) atoms. The van der Waals surface area contributed by atoms with Crippen molar-refractivity contribution in [2.24, 2.45) is 0 Å². The lowest BCUT2D eigenvalue weighted by molar-refractivity contribution is 0.954. The van der Waals surface area contributed by atoms with Crippen molar-refractivity contribution in [1.29, 1.82) is 0 Å². The molecule has 6 heteroatoms. The molecular formula is C5H8N4OS. The molecule has 1 aromatic heterocycles. The molecule has 0 amide bonds. The van der Waals surface area contributed by atoms with Crippen LogP contribution in [-0.2, 0) is 0 Å². The molecule has 1 aromatic rings. The standard InChI is InChI=1S/C5H8N4OS/c1-2-6-3-7-4(10)9-5(11)8-3/h2H2,1H3,(H3,6,7,8,9,10,11). The molecule has 0 atom stereocenters. The molecule has 0 unspecified atom stereocenters. The molecule has 0 bridgehead atoms. The van der Waals surface area contributed by atoms with Crippen LogP contribution >= 0.6 is 12.2 Å². The molecule has 3 N–H and O–H groups in total. The van der Waals surface area contributed by atoms with Gasteiger partial charge in [0.2, 0.25) is 10.7 Å². The molecule has 1 rings (SSSR count). The van der Waals surface area contributed by atoms with Crippen LogP contribution in [0.4, 0.5) is 5.95 Å². The first kappa shape index (κ1) is 7.93. The lowest BCUT2D eigenvalue weighted by Crippen LogP contribution is -2.15. The summed E-state index contributed by atoms with van der Waals surface area (Å²) in [5.74, 6) is 0.404. The summed E-state index contributed by atoms with van der Waals surface area (Å²) in [5.41, 5.74) is -0.346. The lowest BCUT2D eigenvalue weighted by atomic mass is 10.7. The first-order chi connectivity index (χ1) is 5.22. The van der Waals surface area contributed by atoms with Crippen molar-refractivity contribution in [2.45, 2.75) is 6.92 Å². The minimum absolute atomic E-state index is 0.185. The van der Waals surface area contributed by atoms with Crippen LogP contribution in [0, 0.1) is 4.77 Å². The van der Waals surface area contributed by atoms with E-state index in [0.717, 1.165) is 0 Å². The minimum Gasteiger partial charge on any atom is -0.356 e. The summed E-state index contributed by atoms with van der Waals surface area (Å²) in [6.07, 6.45) is 0. The maximum atomic E-state index is 10.7. The average Bonchev–Trinajstić information content (AvgIpc) is 1.85. The van der Waals surface area contributed by atoms with Gasteiger partial charge in [-0.1, -0.05) is 0 Å². The summed E-state index contributed by atoms with van der Waals surface area (Å²) in [6, 6.07) is 0. The second-order valence-electron chi connectivity index (χ2n) is 1.88. The molecule has 5 nitrogen and oxygen atoms in total. The Balaban J connectivity index is 3.09. The maximum Gasteiger partial charge on any atom is 0.327 e. The number of nitrogens with one attached hydrogen (secondary N) is 3. The smallest absolute Gasteiger partial charge is 0.327 e. The zero-order chi connectivity index (χ0) is 8.27. The highest BCUT2D eigenvalue weighted by Crippen LogP contribution is 1.88. The Morgan fingerprint density at radius 1 is 1.64 bits per heavy atom. The molecular weight excluding hydrogens is 164 g/mol. The Hall–Kier alpha value is -1.17. The van der Waals surface area contributed by atoms with E-state index in [2.05, 4.69) is 32.5 Å². The van der Waals surface area contributed by atoms with Gasteiger partial charge in [-0.25, -0.2) is 4.79 Å². The van der Waals surface area contributed by atoms with E-state index in [1.807, 2.05) is 6.92 Å². The Bertz CT molecular complexity index is 313. The molecule has 0 saturated carbocycles. The molecule has 0 aromatic carbocycles. The summed E-state index contributed by atoms with van der Waals surface area (Å²) < 4.78 is 0.185. The van der Waals surface area contributed by atoms with Gasteiger partial charge in [-0.2, -0.15) is 4.98 Å². The normalized spacial score (nSPS) is 9.55. The van der Waals surface area contributed by atoms with E-state index in [4.69, 9.17) is 0 Å². The van der Waals surface area contributed by atoms with Gasteiger partial charge in [-0.05, 0) is 19.1 Å². The number of hydrogen-bond acceptors (Lipinski definition) is 4. The number of nitrogens with zero attached hydrogens (tertiary/aromatic N) is 1. The quantitative estimate of drug-likeness (QED) is 0.559. The van der Waals surface area contributed by atoms with E-state index >= 15 is 0 Å². The molecule has 0 saturated heterocycles. The first-order valence-electron chi connectivity index (χ1n) is 3.17. The monoisotopic (exact) mass is 172 g/mol. The van der Waals surface area contributed by atoms with E-state index in [1.54, 1.807) is 0 Å². The molecule has 0 radical (unpaired) electrons. The maximum absolute atomic E-state index is 10.7. The zero-order valence-corrected chi connectivity index (χ0v) is 6.79. The van der Waals surface area contributed by atoms with Crippen LogP contribution in [0.2, 0.25) is 0 Å². The highest BCUT2D eigenvalue weighted by atomic mass is 32.1. The highest BCUT2D eigenvalue weighted by molar-refractivity contribution is 7.71. The van der Waals surface area contributed by atoms with Gasteiger partial charge in [-0.15, -0.1) is 0 Å². The Kier molecular flexibility index (Phi) is 2.37. The molecule has 0 aliphatic rings. The number of rotatable bonds is 2. The van der Waals surface area contributed by atoms with Crippen LogP contribution in [0.3, 0.4) is 0 Å². The van der Waals surface area contributed by atoms with Crippen LogP contribution in [-0.4, -0.2) is 21.5 Å². The summed E-state index contributed by atoms with van der Waals surface area (Å²) in [5, 5.41) is 2.84. The predicted molar refractivity (Wildman–Crippen MR) is 44.2 cm³/mol. The fourth-order valence-electron chi connectivity index (χ4n) is 0.645. The largest absolute Gasteiger partial charge is 0.356 e. The second-order valence-corrected chi connectivity index (χ2v) is 2.26. The molecule has 0 fully saturated rings. The topological polar surface area (TPSA) is 73.6 Å². The summed E-state index contributed by atoms with van der Waals surface area (Å²) in [6.45, 7) is 2.60. The van der Waals surface area contributed by atoms with Crippen LogP contribution in [0.5, 0.6) is 0 Å². The van der Waals surface area contributed by atoms with Crippen molar-refractivity contribution in [3.8, 4) is 0 Å². The van der Waals surface area contributed by atoms with E-state index < -0.39 is 0 Å². The third kappa shape index (κ3) is 2.15. The van der Waals surface area contributed by atoms with E-state index in [9.17, 15) is 4.79 Å². The van der Waals surface area contributed by atoms with Crippen molar-refractivity contribution in [1.82, 2.24) is 15.0 Å². The van der Waals surface area contributed by atoms with Gasteiger partial charge >= 0.3 is 5.69 Å². The van der Waals surface area contributed by atoms with Gasteiger partial charge in [-0.3, -0.25) is 9.97 Å². The van der Waals surface area contributed by atoms with Crippen molar-refractivity contribution in [3.63, 3.8) is 0 Å². The first-order valence-corrected chi connectivity index (χ1v) is 3.57. The number of aromatic nitrogens is 3. The predicted octanol–water partition coefficient (Wildman–Crippen LogP) is 0.259.